The number of hydrogen-bond acceptors (Lipinski definition) is 4. The Morgan fingerprint density at radius 2 is 1.10 bits per heavy atom. The number of nitrogens with zero attached hydrogens (tertiary/aromatic N) is 6. The maximum absolute atomic E-state index is 13.7. The fourth-order valence-electron chi connectivity index (χ4n) is 7.21. The summed E-state index contributed by atoms with van der Waals surface area (Å²) in [5.41, 5.74) is 10.8. The lowest BCUT2D eigenvalue weighted by Crippen LogP contribution is -1.96. The molecule has 0 spiro atoms. The third kappa shape index (κ3) is 5.11. The molecule has 8 nitrogen and oxygen atoms in total. The largest absolute Gasteiger partial charge is 0.327 e. The van der Waals surface area contributed by atoms with Gasteiger partial charge in [-0.3, -0.25) is 10.2 Å². The number of benzene rings is 4. The van der Waals surface area contributed by atoms with Crippen LogP contribution in [0.15, 0.2) is 91.3 Å². The molecule has 4 aromatic heterocycles. The van der Waals surface area contributed by atoms with Gasteiger partial charge in [-0.15, -0.1) is 0 Å². The van der Waals surface area contributed by atoms with Crippen molar-refractivity contribution < 1.29 is 8.78 Å². The second-order valence-corrected chi connectivity index (χ2v) is 12.8. The van der Waals surface area contributed by atoms with Gasteiger partial charge in [0, 0.05) is 59.0 Å². The van der Waals surface area contributed by atoms with Crippen LogP contribution in [0.25, 0.3) is 66.8 Å². The van der Waals surface area contributed by atoms with Gasteiger partial charge in [-0.2, -0.15) is 10.2 Å². The lowest BCUT2D eigenvalue weighted by molar-refractivity contribution is 0.618. The fraction of sp³-hybridized carbons (Fsp3) is 0.179. The SMILES string of the molecule is Cc1cc(-c2nc3n(c2-c2ccc4cn[nH]c4c2)CCC3)ccc1F.Fc1ccc(-c2nc3n(c2-c2ccc4cn[nH]c4c2)CCC3)cc1. The fourth-order valence-corrected chi connectivity index (χ4v) is 7.21. The molecule has 49 heavy (non-hydrogen) atoms. The van der Waals surface area contributed by atoms with Crippen LogP contribution in [-0.4, -0.2) is 39.5 Å². The van der Waals surface area contributed by atoms with Crippen LogP contribution in [0.1, 0.15) is 30.1 Å². The Kier molecular flexibility index (Phi) is 6.96. The minimum Gasteiger partial charge on any atom is -0.327 e. The second-order valence-electron chi connectivity index (χ2n) is 12.8. The molecule has 6 heterocycles. The molecular weight excluding hydrogens is 618 g/mol. The molecule has 0 atom stereocenters. The highest BCUT2D eigenvalue weighted by molar-refractivity contribution is 5.88. The van der Waals surface area contributed by atoms with Gasteiger partial charge in [0.2, 0.25) is 0 Å². The van der Waals surface area contributed by atoms with Crippen molar-refractivity contribution in [3.05, 3.63) is 120 Å². The molecule has 8 aromatic rings. The van der Waals surface area contributed by atoms with Crippen LogP contribution in [0.3, 0.4) is 0 Å². The number of fused-ring (bicyclic) bond motifs is 4. The van der Waals surface area contributed by atoms with Crippen LogP contribution in [-0.2, 0) is 25.9 Å². The van der Waals surface area contributed by atoms with Gasteiger partial charge in [-0.05, 0) is 79.9 Å². The van der Waals surface area contributed by atoms with E-state index in [1.54, 1.807) is 19.1 Å². The summed E-state index contributed by atoms with van der Waals surface area (Å²) in [4.78, 5) is 9.74. The van der Waals surface area contributed by atoms with E-state index in [0.29, 0.717) is 5.56 Å². The molecular formula is C39H32F2N8. The average molecular weight is 651 g/mol. The molecule has 0 radical (unpaired) electrons. The van der Waals surface area contributed by atoms with E-state index in [1.165, 1.54) is 18.2 Å². The predicted octanol–water partition coefficient (Wildman–Crippen LogP) is 8.67. The van der Waals surface area contributed by atoms with Gasteiger partial charge < -0.3 is 9.13 Å². The maximum Gasteiger partial charge on any atom is 0.126 e. The van der Waals surface area contributed by atoms with Gasteiger partial charge in [0.05, 0.1) is 46.2 Å². The molecule has 2 N–H and O–H groups in total. The Labute approximate surface area is 280 Å². The van der Waals surface area contributed by atoms with E-state index >= 15 is 0 Å². The van der Waals surface area contributed by atoms with Crippen molar-refractivity contribution in [1.82, 2.24) is 39.5 Å². The number of aromatic nitrogens is 8. The number of aryl methyl sites for hydroxylation is 3. The van der Waals surface area contributed by atoms with Crippen molar-refractivity contribution in [2.45, 2.75) is 45.7 Å². The van der Waals surface area contributed by atoms with E-state index < -0.39 is 0 Å². The van der Waals surface area contributed by atoms with Crippen LogP contribution in [0.2, 0.25) is 0 Å². The molecule has 0 saturated heterocycles. The third-order valence-corrected chi connectivity index (χ3v) is 9.64. The standard InChI is InChI=1S/C20H17FN4.C19H15FN4/c1-12-9-13(6-7-16(12)21)19-20(25-8-2-3-18(25)23-19)14-4-5-15-11-22-24-17(15)10-14;20-15-7-5-12(6-8-15)18-19(24-9-1-2-17(24)22-18)13-3-4-14-11-21-23-16(14)10-13/h4-7,9-11H,2-3,8H2,1H3,(H,22,24);3-8,10-11H,1-2,9H2,(H,21,23). The van der Waals surface area contributed by atoms with Crippen LogP contribution < -0.4 is 0 Å². The zero-order chi connectivity index (χ0) is 33.1. The van der Waals surface area contributed by atoms with Crippen molar-refractivity contribution in [1.29, 1.82) is 0 Å². The molecule has 2 aliphatic rings. The van der Waals surface area contributed by atoms with Crippen molar-refractivity contribution in [3.8, 4) is 45.0 Å². The predicted molar refractivity (Wildman–Crippen MR) is 187 cm³/mol. The molecule has 0 aliphatic carbocycles. The summed E-state index contributed by atoms with van der Waals surface area (Å²) >= 11 is 0. The van der Waals surface area contributed by atoms with Crippen LogP contribution in [0, 0.1) is 18.6 Å². The molecule has 0 fully saturated rings. The average Bonchev–Trinajstić information content (AvgIpc) is 3.95. The Hall–Kier alpha value is -5.90. The lowest BCUT2D eigenvalue weighted by atomic mass is 10.0. The molecule has 242 valence electrons. The molecule has 4 aromatic carbocycles. The molecule has 0 saturated carbocycles. The number of hydrogen-bond donors (Lipinski definition) is 2. The molecule has 2 aliphatic heterocycles. The Morgan fingerprint density at radius 1 is 0.592 bits per heavy atom. The number of aromatic amines is 2. The third-order valence-electron chi connectivity index (χ3n) is 9.64. The zero-order valence-corrected chi connectivity index (χ0v) is 26.8. The second kappa shape index (κ2) is 11.7. The number of H-pyrrole nitrogens is 2. The van der Waals surface area contributed by atoms with Crippen molar-refractivity contribution >= 4 is 21.8 Å². The normalized spacial score (nSPS) is 13.5. The molecule has 10 rings (SSSR count). The monoisotopic (exact) mass is 650 g/mol. The first-order valence-electron chi connectivity index (χ1n) is 16.6. The quantitative estimate of drug-likeness (QED) is 0.199. The number of halogens is 2. The Bertz CT molecular complexity index is 2500. The Balaban J connectivity index is 0.000000133. The van der Waals surface area contributed by atoms with E-state index in [0.717, 1.165) is 117 Å². The molecule has 0 amide bonds. The van der Waals surface area contributed by atoms with E-state index in [2.05, 4.69) is 65.9 Å². The van der Waals surface area contributed by atoms with Crippen LogP contribution in [0.4, 0.5) is 8.78 Å². The topological polar surface area (TPSA) is 93.0 Å². The van der Waals surface area contributed by atoms with Crippen molar-refractivity contribution in [2.24, 2.45) is 0 Å². The molecule has 10 heteroatoms. The first kappa shape index (κ1) is 29.3. The van der Waals surface area contributed by atoms with Gasteiger partial charge >= 0.3 is 0 Å². The molecule has 0 bridgehead atoms. The number of nitrogens with one attached hydrogen (secondary N) is 2. The van der Waals surface area contributed by atoms with Gasteiger partial charge in [0.25, 0.3) is 0 Å². The van der Waals surface area contributed by atoms with Crippen molar-refractivity contribution in [3.63, 3.8) is 0 Å². The summed E-state index contributed by atoms with van der Waals surface area (Å²) in [6, 6.07) is 24.4. The summed E-state index contributed by atoms with van der Waals surface area (Å²) in [6.07, 6.45) is 7.85. The lowest BCUT2D eigenvalue weighted by Gasteiger charge is -2.09. The summed E-state index contributed by atoms with van der Waals surface area (Å²) in [6.45, 7) is 3.73. The summed E-state index contributed by atoms with van der Waals surface area (Å²) in [7, 11) is 0. The smallest absolute Gasteiger partial charge is 0.126 e. The van der Waals surface area contributed by atoms with E-state index in [4.69, 9.17) is 9.97 Å². The van der Waals surface area contributed by atoms with Crippen LogP contribution >= 0.6 is 0 Å². The first-order chi connectivity index (χ1) is 24.0. The minimum absolute atomic E-state index is 0.184. The zero-order valence-electron chi connectivity index (χ0n) is 26.8. The summed E-state index contributed by atoms with van der Waals surface area (Å²) in [5, 5.41) is 16.4. The summed E-state index contributed by atoms with van der Waals surface area (Å²) < 4.78 is 31.6. The summed E-state index contributed by atoms with van der Waals surface area (Å²) in [5.74, 6) is 1.80. The van der Waals surface area contributed by atoms with E-state index in [-0.39, 0.29) is 11.6 Å². The van der Waals surface area contributed by atoms with Crippen molar-refractivity contribution in [2.75, 3.05) is 0 Å². The molecule has 0 unspecified atom stereocenters. The maximum atomic E-state index is 13.7. The number of imidazole rings is 2. The highest BCUT2D eigenvalue weighted by atomic mass is 19.1. The van der Waals surface area contributed by atoms with E-state index in [9.17, 15) is 8.78 Å². The van der Waals surface area contributed by atoms with Gasteiger partial charge in [0.1, 0.15) is 23.3 Å². The minimum atomic E-state index is -0.231. The van der Waals surface area contributed by atoms with Gasteiger partial charge in [-0.1, -0.05) is 24.3 Å². The highest BCUT2D eigenvalue weighted by Crippen LogP contribution is 2.38. The van der Waals surface area contributed by atoms with Gasteiger partial charge in [0.15, 0.2) is 0 Å². The first-order valence-corrected chi connectivity index (χ1v) is 16.6. The van der Waals surface area contributed by atoms with Crippen LogP contribution in [0.5, 0.6) is 0 Å². The highest BCUT2D eigenvalue weighted by Gasteiger charge is 2.25. The van der Waals surface area contributed by atoms with Gasteiger partial charge in [-0.25, -0.2) is 18.7 Å². The Morgan fingerprint density at radius 3 is 1.65 bits per heavy atom. The van der Waals surface area contributed by atoms with E-state index in [1.807, 2.05) is 24.5 Å². The number of rotatable bonds is 4.